The van der Waals surface area contributed by atoms with Crippen LogP contribution in [0.1, 0.15) is 26.7 Å². The van der Waals surface area contributed by atoms with E-state index in [1.165, 1.54) is 0 Å². The number of hydrogen-bond donors (Lipinski definition) is 1. The monoisotopic (exact) mass is 439 g/mol. The average Bonchev–Trinajstić information content (AvgIpc) is 2.78. The van der Waals surface area contributed by atoms with Crippen LogP contribution in [0.15, 0.2) is 48.5 Å². The molecule has 0 aromatic heterocycles. The number of ether oxygens (including phenoxy) is 2. The van der Waals surface area contributed by atoms with Gasteiger partial charge in [-0.25, -0.2) is 0 Å². The van der Waals surface area contributed by atoms with Crippen molar-refractivity contribution in [2.75, 3.05) is 50.6 Å². The maximum Gasteiger partial charge on any atom is 0.224 e. The van der Waals surface area contributed by atoms with Crippen LogP contribution in [0, 0.1) is 5.41 Å². The average molecular weight is 440 g/mol. The molecule has 0 spiro atoms. The van der Waals surface area contributed by atoms with Gasteiger partial charge in [-0.3, -0.25) is 9.59 Å². The van der Waals surface area contributed by atoms with Gasteiger partial charge in [0.1, 0.15) is 11.5 Å². The van der Waals surface area contributed by atoms with Crippen molar-refractivity contribution in [1.29, 1.82) is 0 Å². The molecule has 1 heterocycles. The van der Waals surface area contributed by atoms with Gasteiger partial charge in [-0.05, 0) is 41.8 Å². The Balaban J connectivity index is 1.49. The zero-order valence-corrected chi connectivity index (χ0v) is 19.4. The van der Waals surface area contributed by atoms with Gasteiger partial charge in [0, 0.05) is 44.7 Å². The number of carbonyl (C=O) groups is 2. The van der Waals surface area contributed by atoms with Crippen molar-refractivity contribution >= 4 is 23.2 Å². The van der Waals surface area contributed by atoms with Crippen LogP contribution < -0.4 is 19.7 Å². The van der Waals surface area contributed by atoms with Crippen LogP contribution in [0.25, 0.3) is 0 Å². The summed E-state index contributed by atoms with van der Waals surface area (Å²) in [6.45, 7) is 6.75. The van der Waals surface area contributed by atoms with E-state index in [1.807, 2.05) is 43.0 Å². The molecule has 32 heavy (non-hydrogen) atoms. The number of methoxy groups -OCH3 is 2. The highest BCUT2D eigenvalue weighted by Crippen LogP contribution is 2.30. The summed E-state index contributed by atoms with van der Waals surface area (Å²) in [4.78, 5) is 29.6. The quantitative estimate of drug-likeness (QED) is 0.678. The molecule has 7 heteroatoms. The molecule has 0 unspecified atom stereocenters. The maximum absolute atomic E-state index is 12.9. The SMILES string of the molecule is COc1ccc(NC(=O)CC(C)(C)CC(=O)N2CCN(c3ccccc3OC)CC2)cc1. The smallest absolute Gasteiger partial charge is 0.224 e. The second kappa shape index (κ2) is 10.4. The molecule has 1 aliphatic rings. The van der Waals surface area contributed by atoms with Crippen LogP contribution in [0.2, 0.25) is 0 Å². The van der Waals surface area contributed by atoms with Crippen molar-refractivity contribution < 1.29 is 19.1 Å². The number of para-hydroxylation sites is 2. The second-order valence-electron chi connectivity index (χ2n) is 8.83. The fourth-order valence-corrected chi connectivity index (χ4v) is 3.99. The van der Waals surface area contributed by atoms with Crippen molar-refractivity contribution in [2.24, 2.45) is 5.41 Å². The van der Waals surface area contributed by atoms with E-state index in [2.05, 4.69) is 10.2 Å². The van der Waals surface area contributed by atoms with E-state index < -0.39 is 5.41 Å². The number of amides is 2. The van der Waals surface area contributed by atoms with Crippen LogP contribution in [-0.2, 0) is 9.59 Å². The van der Waals surface area contributed by atoms with Gasteiger partial charge < -0.3 is 24.6 Å². The van der Waals surface area contributed by atoms with Gasteiger partial charge in [0.2, 0.25) is 11.8 Å². The zero-order chi connectivity index (χ0) is 23.1. The van der Waals surface area contributed by atoms with Crippen LogP contribution in [0.5, 0.6) is 11.5 Å². The Bertz CT molecular complexity index is 919. The Morgan fingerprint density at radius 2 is 1.56 bits per heavy atom. The third kappa shape index (κ3) is 6.15. The molecule has 3 rings (SSSR count). The molecule has 0 bridgehead atoms. The molecule has 7 nitrogen and oxygen atoms in total. The summed E-state index contributed by atoms with van der Waals surface area (Å²) < 4.78 is 10.6. The lowest BCUT2D eigenvalue weighted by molar-refractivity contribution is -0.134. The summed E-state index contributed by atoms with van der Waals surface area (Å²) in [7, 11) is 3.27. The molecule has 2 amide bonds. The molecule has 2 aromatic rings. The fraction of sp³-hybridized carbons (Fsp3) is 0.440. The number of hydrogen-bond acceptors (Lipinski definition) is 5. The van der Waals surface area contributed by atoms with Gasteiger partial charge in [0.25, 0.3) is 0 Å². The first-order valence-corrected chi connectivity index (χ1v) is 10.9. The number of benzene rings is 2. The van der Waals surface area contributed by atoms with Gasteiger partial charge >= 0.3 is 0 Å². The topological polar surface area (TPSA) is 71.1 Å². The van der Waals surface area contributed by atoms with Crippen molar-refractivity contribution in [2.45, 2.75) is 26.7 Å². The zero-order valence-electron chi connectivity index (χ0n) is 19.4. The minimum atomic E-state index is -0.437. The lowest BCUT2D eigenvalue weighted by Crippen LogP contribution is -2.49. The normalized spacial score (nSPS) is 14.1. The van der Waals surface area contributed by atoms with E-state index in [-0.39, 0.29) is 18.2 Å². The Hall–Kier alpha value is -3.22. The van der Waals surface area contributed by atoms with Gasteiger partial charge in [-0.15, -0.1) is 0 Å². The number of piperazine rings is 1. The first-order valence-electron chi connectivity index (χ1n) is 10.9. The molecule has 0 aliphatic carbocycles. The number of nitrogens with zero attached hydrogens (tertiary/aromatic N) is 2. The highest BCUT2D eigenvalue weighted by atomic mass is 16.5. The Morgan fingerprint density at radius 3 is 2.19 bits per heavy atom. The maximum atomic E-state index is 12.9. The van der Waals surface area contributed by atoms with E-state index in [9.17, 15) is 9.59 Å². The Kier molecular flexibility index (Phi) is 7.62. The van der Waals surface area contributed by atoms with E-state index in [4.69, 9.17) is 9.47 Å². The highest BCUT2D eigenvalue weighted by molar-refractivity contribution is 5.91. The standard InChI is InChI=1S/C25H33N3O4/c1-25(2,17-23(29)26-19-9-11-20(31-3)12-10-19)18-24(30)28-15-13-27(14-16-28)21-7-5-6-8-22(21)32-4/h5-12H,13-18H2,1-4H3,(H,26,29). The molecule has 1 N–H and O–H groups in total. The lowest BCUT2D eigenvalue weighted by atomic mass is 9.84. The molecule has 172 valence electrons. The molecule has 0 radical (unpaired) electrons. The first kappa shape index (κ1) is 23.4. The fourth-order valence-electron chi connectivity index (χ4n) is 3.99. The van der Waals surface area contributed by atoms with Crippen molar-refractivity contribution in [3.8, 4) is 11.5 Å². The van der Waals surface area contributed by atoms with Crippen LogP contribution in [-0.4, -0.2) is 57.1 Å². The van der Waals surface area contributed by atoms with Crippen LogP contribution >= 0.6 is 0 Å². The molecular weight excluding hydrogens is 406 g/mol. The van der Waals surface area contributed by atoms with Crippen molar-refractivity contribution in [3.05, 3.63) is 48.5 Å². The van der Waals surface area contributed by atoms with Gasteiger partial charge in [0.15, 0.2) is 0 Å². The molecule has 1 fully saturated rings. The van der Waals surface area contributed by atoms with Crippen LogP contribution in [0.4, 0.5) is 11.4 Å². The molecular formula is C25H33N3O4. The van der Waals surface area contributed by atoms with Crippen molar-refractivity contribution in [3.63, 3.8) is 0 Å². The first-order chi connectivity index (χ1) is 15.3. The molecule has 0 saturated carbocycles. The van der Waals surface area contributed by atoms with E-state index in [0.29, 0.717) is 25.2 Å². The van der Waals surface area contributed by atoms with Crippen molar-refractivity contribution in [1.82, 2.24) is 4.90 Å². The summed E-state index contributed by atoms with van der Waals surface area (Å²) in [6.07, 6.45) is 0.601. The third-order valence-electron chi connectivity index (χ3n) is 5.70. The predicted octanol–water partition coefficient (Wildman–Crippen LogP) is 3.80. The Labute approximate surface area is 190 Å². The summed E-state index contributed by atoms with van der Waals surface area (Å²) in [5.74, 6) is 1.57. The minimum Gasteiger partial charge on any atom is -0.497 e. The summed E-state index contributed by atoms with van der Waals surface area (Å²) in [5.41, 5.74) is 1.33. The lowest BCUT2D eigenvalue weighted by Gasteiger charge is -2.38. The molecule has 1 aliphatic heterocycles. The third-order valence-corrected chi connectivity index (χ3v) is 5.70. The van der Waals surface area contributed by atoms with Gasteiger partial charge in [-0.2, -0.15) is 0 Å². The number of nitrogens with one attached hydrogen (secondary N) is 1. The summed E-state index contributed by atoms with van der Waals surface area (Å²) in [6, 6.07) is 15.1. The van der Waals surface area contributed by atoms with Gasteiger partial charge in [0.05, 0.1) is 19.9 Å². The number of anilines is 2. The molecule has 0 atom stereocenters. The number of rotatable bonds is 8. The molecule has 2 aromatic carbocycles. The largest absolute Gasteiger partial charge is 0.497 e. The van der Waals surface area contributed by atoms with E-state index >= 15 is 0 Å². The van der Waals surface area contributed by atoms with E-state index in [1.54, 1.807) is 38.5 Å². The second-order valence-corrected chi connectivity index (χ2v) is 8.83. The minimum absolute atomic E-state index is 0.0897. The van der Waals surface area contributed by atoms with Gasteiger partial charge in [-0.1, -0.05) is 26.0 Å². The highest BCUT2D eigenvalue weighted by Gasteiger charge is 2.30. The summed E-state index contributed by atoms with van der Waals surface area (Å²) >= 11 is 0. The predicted molar refractivity (Wildman–Crippen MR) is 126 cm³/mol. The van der Waals surface area contributed by atoms with Crippen LogP contribution in [0.3, 0.4) is 0 Å². The van der Waals surface area contributed by atoms with E-state index in [0.717, 1.165) is 30.3 Å². The Morgan fingerprint density at radius 1 is 0.906 bits per heavy atom. The molecule has 1 saturated heterocycles. The number of carbonyl (C=O) groups excluding carboxylic acids is 2. The summed E-state index contributed by atoms with van der Waals surface area (Å²) in [5, 5.41) is 2.90.